The van der Waals surface area contributed by atoms with E-state index in [1.165, 1.54) is 18.0 Å². The Kier molecular flexibility index (Phi) is 5.84. The van der Waals surface area contributed by atoms with E-state index >= 15 is 0 Å². The number of nitrogens with zero attached hydrogens (tertiary/aromatic N) is 3. The van der Waals surface area contributed by atoms with Crippen LogP contribution in [0.25, 0.3) is 6.08 Å². The average molecular weight is 374 g/mol. The molecule has 2 aromatic rings. The molecule has 0 aliphatic carbocycles. The molecular weight excluding hydrogens is 359 g/mol. The molecule has 0 unspecified atom stereocenters. The first-order valence-electron chi connectivity index (χ1n) is 7.32. The second kappa shape index (κ2) is 7.69. The first kappa shape index (κ1) is 19.0. The van der Waals surface area contributed by atoms with Crippen LogP contribution in [-0.4, -0.2) is 28.0 Å². The summed E-state index contributed by atoms with van der Waals surface area (Å²) in [5.74, 6) is 0.366. The Labute approximate surface area is 147 Å². The van der Waals surface area contributed by atoms with E-state index in [-0.39, 0.29) is 23.0 Å². The van der Waals surface area contributed by atoms with Crippen LogP contribution in [0.3, 0.4) is 0 Å². The molecule has 0 aliphatic heterocycles. The van der Waals surface area contributed by atoms with E-state index in [2.05, 4.69) is 10.1 Å². The highest BCUT2D eigenvalue weighted by Gasteiger charge is 2.30. The number of carbonyl (C=O) groups is 1. The van der Waals surface area contributed by atoms with Gasteiger partial charge in [-0.05, 0) is 29.8 Å². The number of alkyl halides is 3. The van der Waals surface area contributed by atoms with Gasteiger partial charge in [-0.25, -0.2) is 0 Å². The topological polar surface area (TPSA) is 59.2 Å². The molecule has 1 aromatic heterocycles. The van der Waals surface area contributed by atoms with Crippen LogP contribution < -0.4 is 0 Å². The van der Waals surface area contributed by atoms with Crippen LogP contribution in [-0.2, 0) is 23.9 Å². The number of halogens is 4. The second-order valence-corrected chi connectivity index (χ2v) is 5.63. The van der Waals surface area contributed by atoms with Crippen molar-refractivity contribution >= 4 is 23.6 Å². The molecule has 1 amide bonds. The van der Waals surface area contributed by atoms with Crippen molar-refractivity contribution in [3.8, 4) is 0 Å². The molecular formula is C16H15ClF3N3O2. The first-order chi connectivity index (χ1) is 11.7. The molecule has 0 bridgehead atoms. The molecule has 1 heterocycles. The van der Waals surface area contributed by atoms with E-state index in [1.54, 1.807) is 0 Å². The van der Waals surface area contributed by atoms with Crippen molar-refractivity contribution in [1.82, 2.24) is 15.0 Å². The highest BCUT2D eigenvalue weighted by Crippen LogP contribution is 2.32. The van der Waals surface area contributed by atoms with Gasteiger partial charge in [0.15, 0.2) is 5.82 Å². The lowest BCUT2D eigenvalue weighted by molar-refractivity contribution is -0.137. The minimum Gasteiger partial charge on any atom is -0.337 e. The van der Waals surface area contributed by atoms with Crippen LogP contribution in [0, 0.1) is 0 Å². The normalized spacial score (nSPS) is 11.9. The van der Waals surface area contributed by atoms with Gasteiger partial charge in [0.25, 0.3) is 0 Å². The molecule has 0 aliphatic rings. The Balaban J connectivity index is 2.08. The van der Waals surface area contributed by atoms with Crippen LogP contribution in [0.1, 0.15) is 29.8 Å². The molecule has 2 rings (SSSR count). The lowest BCUT2D eigenvalue weighted by Gasteiger charge is -2.12. The van der Waals surface area contributed by atoms with E-state index in [1.807, 2.05) is 6.92 Å². The lowest BCUT2D eigenvalue weighted by atomic mass is 10.1. The zero-order valence-electron chi connectivity index (χ0n) is 13.5. The van der Waals surface area contributed by atoms with Gasteiger partial charge in [-0.15, -0.1) is 0 Å². The summed E-state index contributed by atoms with van der Waals surface area (Å²) < 4.78 is 43.2. The summed E-state index contributed by atoms with van der Waals surface area (Å²) in [6, 6.07) is 2.91. The van der Waals surface area contributed by atoms with Crippen LogP contribution >= 0.6 is 11.6 Å². The largest absolute Gasteiger partial charge is 0.416 e. The fourth-order valence-electron chi connectivity index (χ4n) is 1.91. The fourth-order valence-corrected chi connectivity index (χ4v) is 2.10. The Hall–Kier alpha value is -2.35. The van der Waals surface area contributed by atoms with E-state index in [0.717, 1.165) is 24.3 Å². The van der Waals surface area contributed by atoms with Gasteiger partial charge >= 0.3 is 6.18 Å². The lowest BCUT2D eigenvalue weighted by Crippen LogP contribution is -2.24. The molecule has 1 aromatic carbocycles. The van der Waals surface area contributed by atoms with Gasteiger partial charge in [-0.3, -0.25) is 4.79 Å². The summed E-state index contributed by atoms with van der Waals surface area (Å²) in [7, 11) is 1.51. The van der Waals surface area contributed by atoms with Crippen molar-refractivity contribution in [2.45, 2.75) is 26.1 Å². The molecule has 0 atom stereocenters. The van der Waals surface area contributed by atoms with Crippen molar-refractivity contribution in [1.29, 1.82) is 0 Å². The molecule has 0 fully saturated rings. The molecule has 9 heteroatoms. The Morgan fingerprint density at radius 1 is 1.40 bits per heavy atom. The third-order valence-electron chi connectivity index (χ3n) is 3.30. The van der Waals surface area contributed by atoms with E-state index in [4.69, 9.17) is 16.1 Å². The number of amides is 1. The molecule has 0 saturated carbocycles. The molecule has 134 valence electrons. The van der Waals surface area contributed by atoms with E-state index < -0.39 is 17.6 Å². The van der Waals surface area contributed by atoms with E-state index in [9.17, 15) is 18.0 Å². The third-order valence-corrected chi connectivity index (χ3v) is 3.65. The molecule has 25 heavy (non-hydrogen) atoms. The van der Waals surface area contributed by atoms with Crippen molar-refractivity contribution < 1.29 is 22.5 Å². The number of aryl methyl sites for hydroxylation is 1. The Morgan fingerprint density at radius 3 is 2.72 bits per heavy atom. The molecule has 0 spiro atoms. The number of benzene rings is 1. The molecule has 5 nitrogen and oxygen atoms in total. The maximum absolute atomic E-state index is 12.7. The van der Waals surface area contributed by atoms with Gasteiger partial charge < -0.3 is 9.42 Å². The summed E-state index contributed by atoms with van der Waals surface area (Å²) in [5.41, 5.74) is -0.736. The van der Waals surface area contributed by atoms with Gasteiger partial charge in [0, 0.05) is 24.6 Å². The van der Waals surface area contributed by atoms with Crippen molar-refractivity contribution in [3.05, 3.63) is 52.1 Å². The minimum atomic E-state index is -4.48. The molecule has 0 N–H and O–H groups in total. The van der Waals surface area contributed by atoms with Crippen molar-refractivity contribution in [3.63, 3.8) is 0 Å². The highest BCUT2D eigenvalue weighted by atomic mass is 35.5. The summed E-state index contributed by atoms with van der Waals surface area (Å²) in [6.07, 6.45) is -1.50. The second-order valence-electron chi connectivity index (χ2n) is 5.22. The summed E-state index contributed by atoms with van der Waals surface area (Å²) in [5, 5.41) is 3.83. The van der Waals surface area contributed by atoms with Gasteiger partial charge in [-0.2, -0.15) is 18.2 Å². The van der Waals surface area contributed by atoms with Gasteiger partial charge in [0.1, 0.15) is 0 Å². The van der Waals surface area contributed by atoms with E-state index in [0.29, 0.717) is 12.2 Å². The van der Waals surface area contributed by atoms with Crippen molar-refractivity contribution in [2.75, 3.05) is 7.05 Å². The highest BCUT2D eigenvalue weighted by molar-refractivity contribution is 6.32. The predicted octanol–water partition coefficient (Wildman–Crippen LogP) is 3.98. The zero-order valence-corrected chi connectivity index (χ0v) is 14.2. The standard InChI is InChI=1S/C16H15ClF3N3O2/c1-3-13-21-14(25-22-13)9-23(2)15(24)7-4-10-8-11(16(18,19)20)5-6-12(10)17/h4-8H,3,9H2,1-2H3/b7-4+. The third kappa shape index (κ3) is 5.06. The number of aromatic nitrogens is 2. The predicted molar refractivity (Wildman–Crippen MR) is 85.6 cm³/mol. The quantitative estimate of drug-likeness (QED) is 0.744. The maximum Gasteiger partial charge on any atom is 0.416 e. The van der Waals surface area contributed by atoms with Crippen LogP contribution in [0.5, 0.6) is 0 Å². The van der Waals surface area contributed by atoms with Gasteiger partial charge in [0.05, 0.1) is 12.1 Å². The SMILES string of the molecule is CCc1noc(CN(C)C(=O)/C=C/c2cc(C(F)(F)F)ccc2Cl)n1. The monoisotopic (exact) mass is 373 g/mol. The fraction of sp³-hybridized carbons (Fsp3) is 0.312. The van der Waals surface area contributed by atoms with Gasteiger partial charge in [0.2, 0.25) is 11.8 Å². The smallest absolute Gasteiger partial charge is 0.337 e. The van der Waals surface area contributed by atoms with Crippen LogP contribution in [0.15, 0.2) is 28.8 Å². The maximum atomic E-state index is 12.7. The number of hydrogen-bond donors (Lipinski definition) is 0. The molecule has 0 radical (unpaired) electrons. The van der Waals surface area contributed by atoms with Crippen LogP contribution in [0.2, 0.25) is 5.02 Å². The summed E-state index contributed by atoms with van der Waals surface area (Å²) in [4.78, 5) is 17.5. The summed E-state index contributed by atoms with van der Waals surface area (Å²) in [6.45, 7) is 1.96. The molecule has 0 saturated heterocycles. The Bertz CT molecular complexity index is 787. The minimum absolute atomic E-state index is 0.0898. The van der Waals surface area contributed by atoms with Crippen molar-refractivity contribution in [2.24, 2.45) is 0 Å². The first-order valence-corrected chi connectivity index (χ1v) is 7.70. The number of likely N-dealkylation sites (N-methyl/N-ethyl adjacent to an activating group) is 1. The van der Waals surface area contributed by atoms with Crippen LogP contribution in [0.4, 0.5) is 13.2 Å². The Morgan fingerprint density at radius 2 is 2.12 bits per heavy atom. The number of rotatable bonds is 5. The summed E-state index contributed by atoms with van der Waals surface area (Å²) >= 11 is 5.88. The zero-order chi connectivity index (χ0) is 18.6. The number of hydrogen-bond acceptors (Lipinski definition) is 4. The average Bonchev–Trinajstić information content (AvgIpc) is 3.00. The van der Waals surface area contributed by atoms with Gasteiger partial charge in [-0.1, -0.05) is 23.7 Å². The number of carbonyl (C=O) groups excluding carboxylic acids is 1.